The Morgan fingerprint density at radius 2 is 2.12 bits per heavy atom. The number of nitrogens with one attached hydrogen (secondary N) is 2. The first-order valence-electron chi connectivity index (χ1n) is 9.73. The van der Waals surface area contributed by atoms with E-state index in [1.54, 1.807) is 7.11 Å². The zero-order valence-electron chi connectivity index (χ0n) is 16.2. The van der Waals surface area contributed by atoms with Crippen LogP contribution in [0.2, 0.25) is 0 Å². The highest BCUT2D eigenvalue weighted by Crippen LogP contribution is 2.24. The molecule has 1 saturated heterocycles. The zero-order chi connectivity index (χ0) is 18.5. The number of piperidine rings is 1. The summed E-state index contributed by atoms with van der Waals surface area (Å²) in [6, 6.07) is 4.84. The highest BCUT2D eigenvalue weighted by atomic mass is 32.1. The molecule has 0 bridgehead atoms. The molecule has 2 N–H and O–H groups in total. The molecule has 26 heavy (non-hydrogen) atoms. The maximum atomic E-state index is 5.48. The van der Waals surface area contributed by atoms with Crippen LogP contribution in [0.4, 0.5) is 5.00 Å². The molecule has 0 saturated carbocycles. The molecule has 2 heterocycles. The minimum atomic E-state index is 0.501. The molecule has 1 aromatic rings. The van der Waals surface area contributed by atoms with E-state index in [1.807, 2.05) is 11.3 Å². The summed E-state index contributed by atoms with van der Waals surface area (Å²) >= 11 is 1.83. The molecule has 0 atom stereocenters. The Labute approximate surface area is 162 Å². The van der Waals surface area contributed by atoms with Crippen LogP contribution in [-0.4, -0.2) is 65.1 Å². The summed E-state index contributed by atoms with van der Waals surface area (Å²) in [6.45, 7) is 8.17. The lowest BCUT2D eigenvalue weighted by atomic mass is 10.1. The van der Waals surface area contributed by atoms with E-state index in [1.165, 1.54) is 5.00 Å². The first-order valence-corrected chi connectivity index (χ1v) is 10.6. The number of anilines is 1. The van der Waals surface area contributed by atoms with Crippen molar-refractivity contribution in [3.63, 3.8) is 0 Å². The highest BCUT2D eigenvalue weighted by molar-refractivity contribution is 7.14. The van der Waals surface area contributed by atoms with E-state index < -0.39 is 0 Å². The van der Waals surface area contributed by atoms with E-state index in [0.29, 0.717) is 19.3 Å². The lowest BCUT2D eigenvalue weighted by Crippen LogP contribution is -2.48. The number of nitrogens with zero attached hydrogens (tertiary/aromatic N) is 2. The number of unbranched alkanes of at least 4 members (excludes halogenated alkanes) is 1. The van der Waals surface area contributed by atoms with Crippen molar-refractivity contribution >= 4 is 22.3 Å². The topological polar surface area (TPSA) is 58.1 Å². The van der Waals surface area contributed by atoms with Gasteiger partial charge in [-0.05, 0) is 50.1 Å². The Hall–Kier alpha value is -1.31. The van der Waals surface area contributed by atoms with Crippen LogP contribution < -0.4 is 15.5 Å². The number of thiophene rings is 1. The molecule has 0 unspecified atom stereocenters. The van der Waals surface area contributed by atoms with E-state index >= 15 is 0 Å². The SMILES string of the molecule is CCNC(=NCCCCOCCOC)NC1CCN(c2cccs2)CC1. The average molecular weight is 383 g/mol. The molecular formula is C19H34N4O2S. The summed E-state index contributed by atoms with van der Waals surface area (Å²) in [4.78, 5) is 7.20. The van der Waals surface area contributed by atoms with Gasteiger partial charge in [-0.2, -0.15) is 0 Å². The fourth-order valence-corrected chi connectivity index (χ4v) is 3.74. The second-order valence-corrected chi connectivity index (χ2v) is 7.36. The molecule has 0 aliphatic carbocycles. The summed E-state index contributed by atoms with van der Waals surface area (Å²) in [5.41, 5.74) is 0. The van der Waals surface area contributed by atoms with Gasteiger partial charge in [-0.15, -0.1) is 11.3 Å². The lowest BCUT2D eigenvalue weighted by molar-refractivity contribution is 0.0690. The first kappa shape index (κ1) is 21.0. The van der Waals surface area contributed by atoms with Crippen LogP contribution >= 0.6 is 11.3 Å². The quantitative estimate of drug-likeness (QED) is 0.350. The van der Waals surface area contributed by atoms with Crippen LogP contribution in [-0.2, 0) is 9.47 Å². The molecule has 1 aliphatic rings. The number of aliphatic imine (C=N–C) groups is 1. The fourth-order valence-electron chi connectivity index (χ4n) is 2.96. The summed E-state index contributed by atoms with van der Waals surface area (Å²) in [6.07, 6.45) is 4.37. The van der Waals surface area contributed by atoms with Crippen molar-refractivity contribution in [1.29, 1.82) is 0 Å². The zero-order valence-corrected chi connectivity index (χ0v) is 17.0. The summed E-state index contributed by atoms with van der Waals surface area (Å²) in [5, 5.41) is 10.5. The van der Waals surface area contributed by atoms with Gasteiger partial charge in [-0.3, -0.25) is 4.99 Å². The second kappa shape index (κ2) is 12.9. The third-order valence-corrected chi connectivity index (χ3v) is 5.33. The molecule has 0 spiro atoms. The summed E-state index contributed by atoms with van der Waals surface area (Å²) in [5.74, 6) is 0.947. The van der Waals surface area contributed by atoms with Crippen LogP contribution in [0, 0.1) is 0 Å². The van der Waals surface area contributed by atoms with Gasteiger partial charge in [0, 0.05) is 45.9 Å². The Morgan fingerprint density at radius 3 is 2.81 bits per heavy atom. The van der Waals surface area contributed by atoms with Crippen molar-refractivity contribution in [2.24, 2.45) is 4.99 Å². The number of methoxy groups -OCH3 is 1. The first-order chi connectivity index (χ1) is 12.8. The third kappa shape index (κ3) is 7.93. The maximum absolute atomic E-state index is 5.48. The van der Waals surface area contributed by atoms with Crippen LogP contribution in [0.5, 0.6) is 0 Å². The second-order valence-electron chi connectivity index (χ2n) is 6.43. The van der Waals surface area contributed by atoms with Gasteiger partial charge in [0.1, 0.15) is 0 Å². The van der Waals surface area contributed by atoms with Crippen molar-refractivity contribution < 1.29 is 9.47 Å². The highest BCUT2D eigenvalue weighted by Gasteiger charge is 2.20. The number of hydrogen-bond donors (Lipinski definition) is 2. The van der Waals surface area contributed by atoms with Crippen LogP contribution in [0.25, 0.3) is 0 Å². The van der Waals surface area contributed by atoms with Crippen LogP contribution in [0.3, 0.4) is 0 Å². The van der Waals surface area contributed by atoms with Gasteiger partial charge in [0.25, 0.3) is 0 Å². The third-order valence-electron chi connectivity index (χ3n) is 4.40. The van der Waals surface area contributed by atoms with Gasteiger partial charge < -0.3 is 25.0 Å². The minimum absolute atomic E-state index is 0.501. The fraction of sp³-hybridized carbons (Fsp3) is 0.737. The molecule has 7 heteroatoms. The Bertz CT molecular complexity index is 488. The van der Waals surface area contributed by atoms with E-state index in [0.717, 1.165) is 64.4 Å². The van der Waals surface area contributed by atoms with Crippen LogP contribution in [0.15, 0.2) is 22.5 Å². The monoisotopic (exact) mass is 382 g/mol. The Balaban J connectivity index is 1.64. The molecular weight excluding hydrogens is 348 g/mol. The van der Waals surface area contributed by atoms with E-state index in [9.17, 15) is 0 Å². The molecule has 148 valence electrons. The minimum Gasteiger partial charge on any atom is -0.382 e. The van der Waals surface area contributed by atoms with Gasteiger partial charge in [0.2, 0.25) is 0 Å². The van der Waals surface area contributed by atoms with Gasteiger partial charge in [-0.25, -0.2) is 0 Å². The van der Waals surface area contributed by atoms with E-state index in [4.69, 9.17) is 14.5 Å². The number of guanidine groups is 1. The van der Waals surface area contributed by atoms with Crippen LogP contribution in [0.1, 0.15) is 32.6 Å². The largest absolute Gasteiger partial charge is 0.382 e. The van der Waals surface area contributed by atoms with Crippen molar-refractivity contribution in [3.8, 4) is 0 Å². The number of hydrogen-bond acceptors (Lipinski definition) is 5. The Morgan fingerprint density at radius 1 is 1.27 bits per heavy atom. The maximum Gasteiger partial charge on any atom is 0.191 e. The smallest absolute Gasteiger partial charge is 0.191 e. The molecule has 6 nitrogen and oxygen atoms in total. The summed E-state index contributed by atoms with van der Waals surface area (Å²) in [7, 11) is 1.69. The average Bonchev–Trinajstić information content (AvgIpc) is 3.19. The molecule has 1 aromatic heterocycles. The van der Waals surface area contributed by atoms with E-state index in [-0.39, 0.29) is 0 Å². The normalized spacial score (nSPS) is 16.1. The Kier molecular flexibility index (Phi) is 10.5. The predicted octanol–water partition coefficient (Wildman–Crippen LogP) is 2.72. The van der Waals surface area contributed by atoms with Gasteiger partial charge in [-0.1, -0.05) is 0 Å². The lowest BCUT2D eigenvalue weighted by Gasteiger charge is -2.33. The predicted molar refractivity (Wildman–Crippen MR) is 111 cm³/mol. The number of ether oxygens (including phenoxy) is 2. The van der Waals surface area contributed by atoms with Gasteiger partial charge in [0.05, 0.1) is 18.2 Å². The molecule has 0 radical (unpaired) electrons. The number of rotatable bonds is 11. The van der Waals surface area contributed by atoms with Crippen molar-refractivity contribution in [2.45, 2.75) is 38.6 Å². The van der Waals surface area contributed by atoms with Crippen molar-refractivity contribution in [2.75, 3.05) is 58.0 Å². The molecule has 2 rings (SSSR count). The molecule has 1 aliphatic heterocycles. The molecule has 0 amide bonds. The van der Waals surface area contributed by atoms with Crippen molar-refractivity contribution in [1.82, 2.24) is 10.6 Å². The van der Waals surface area contributed by atoms with Gasteiger partial charge >= 0.3 is 0 Å². The standard InChI is InChI=1S/C19H34N4O2S/c1-3-20-19(21-10-4-5-13-25-15-14-24-2)22-17-8-11-23(12-9-17)18-7-6-16-26-18/h6-7,16-17H,3-5,8-15H2,1-2H3,(H2,20,21,22). The molecule has 1 fully saturated rings. The van der Waals surface area contributed by atoms with E-state index in [2.05, 4.69) is 40.0 Å². The molecule has 0 aromatic carbocycles. The summed E-state index contributed by atoms with van der Waals surface area (Å²) < 4.78 is 10.4. The van der Waals surface area contributed by atoms with Gasteiger partial charge in [0.15, 0.2) is 5.96 Å². The van der Waals surface area contributed by atoms with Crippen molar-refractivity contribution in [3.05, 3.63) is 17.5 Å².